The monoisotopic (exact) mass is 433 g/mol. The summed E-state index contributed by atoms with van der Waals surface area (Å²) in [6.07, 6.45) is 3.29. The highest BCUT2D eigenvalue weighted by atomic mass is 35.5. The number of benzene rings is 2. The van der Waals surface area contributed by atoms with Crippen molar-refractivity contribution in [3.8, 4) is 0 Å². The molecule has 5 aromatic rings. The summed E-state index contributed by atoms with van der Waals surface area (Å²) >= 11 is 6.09. The van der Waals surface area contributed by atoms with Gasteiger partial charge in [0.05, 0.1) is 30.4 Å². The molecule has 0 radical (unpaired) electrons. The molecule has 0 aliphatic carbocycles. The van der Waals surface area contributed by atoms with Gasteiger partial charge in [0.2, 0.25) is 5.65 Å². The fourth-order valence-corrected chi connectivity index (χ4v) is 3.69. The summed E-state index contributed by atoms with van der Waals surface area (Å²) in [6.45, 7) is 0.834. The summed E-state index contributed by atoms with van der Waals surface area (Å²) < 4.78 is 8.29. The van der Waals surface area contributed by atoms with E-state index in [4.69, 9.17) is 26.3 Å². The molecule has 0 saturated heterocycles. The second kappa shape index (κ2) is 7.90. The molecule has 0 fully saturated rings. The molecule has 0 amide bonds. The van der Waals surface area contributed by atoms with Gasteiger partial charge in [0, 0.05) is 12.1 Å². The van der Waals surface area contributed by atoms with Crippen molar-refractivity contribution in [3.63, 3.8) is 0 Å². The van der Waals surface area contributed by atoms with Gasteiger partial charge in [0.25, 0.3) is 5.65 Å². The number of halogens is 1. The zero-order chi connectivity index (χ0) is 21.4. The molecule has 0 spiro atoms. The maximum Gasteiger partial charge on any atom is 0.322 e. The Morgan fingerprint density at radius 3 is 2.74 bits per heavy atom. The Hall–Kier alpha value is -3.62. The van der Waals surface area contributed by atoms with E-state index in [1.807, 2.05) is 42.5 Å². The summed E-state index contributed by atoms with van der Waals surface area (Å²) in [5.41, 5.74) is 3.56. The first-order valence-electron chi connectivity index (χ1n) is 9.66. The maximum atomic E-state index is 13.3. The van der Waals surface area contributed by atoms with Crippen LogP contribution in [0.1, 0.15) is 5.56 Å². The molecule has 3 aromatic heterocycles. The summed E-state index contributed by atoms with van der Waals surface area (Å²) in [5, 5.41) is 5.64. The second-order valence-corrected chi connectivity index (χ2v) is 7.42. The molecule has 8 nitrogen and oxygen atoms in total. The predicted octanol–water partition coefficient (Wildman–Crippen LogP) is 2.90. The zero-order valence-corrected chi connectivity index (χ0v) is 17.4. The summed E-state index contributed by atoms with van der Waals surface area (Å²) in [7, 11) is 1.60. The Bertz CT molecular complexity index is 1520. The molecule has 0 saturated carbocycles. The van der Waals surface area contributed by atoms with Gasteiger partial charge in [-0.2, -0.15) is 0 Å². The minimum Gasteiger partial charge on any atom is -0.381 e. The molecule has 9 heteroatoms. The number of fused-ring (bicyclic) bond motifs is 4. The SMILES string of the molecule is COCCn1c[nH+]c2c(c1=O)c1nc3ccccc3nc1n2/N=C/c1cccc(Cl)c1. The highest BCUT2D eigenvalue weighted by molar-refractivity contribution is 6.30. The molecular formula is C22H18ClN6O2+. The van der Waals surface area contributed by atoms with Crippen molar-refractivity contribution < 1.29 is 9.72 Å². The summed E-state index contributed by atoms with van der Waals surface area (Å²) in [4.78, 5) is 25.9. The smallest absolute Gasteiger partial charge is 0.322 e. The lowest BCUT2D eigenvalue weighted by Gasteiger charge is -1.99. The molecule has 0 bridgehead atoms. The lowest BCUT2D eigenvalue weighted by Crippen LogP contribution is -2.28. The first-order valence-corrected chi connectivity index (χ1v) is 10.0. The van der Waals surface area contributed by atoms with E-state index in [1.165, 1.54) is 0 Å². The molecule has 0 aliphatic rings. The van der Waals surface area contributed by atoms with E-state index in [0.717, 1.165) is 11.1 Å². The Morgan fingerprint density at radius 2 is 1.97 bits per heavy atom. The Balaban J connectivity index is 1.80. The Labute approximate surface area is 181 Å². The number of nitrogens with one attached hydrogen (secondary N) is 1. The van der Waals surface area contributed by atoms with Crippen LogP contribution in [0.2, 0.25) is 5.02 Å². The van der Waals surface area contributed by atoms with Crippen LogP contribution in [0.3, 0.4) is 0 Å². The standard InChI is InChI=1S/C22H17ClN6O2/c1-31-10-9-28-13-24-20-18(22(28)30)19-21(27-17-8-3-2-7-16(17)26-19)29(20)25-12-14-5-4-6-15(23)11-14/h2-8,11-13H,9-10H2,1H3/p+1/b25-12+. The van der Waals surface area contributed by atoms with Crippen LogP contribution in [0.4, 0.5) is 0 Å². The van der Waals surface area contributed by atoms with Gasteiger partial charge >= 0.3 is 5.56 Å². The molecule has 3 heterocycles. The Morgan fingerprint density at radius 1 is 1.16 bits per heavy atom. The first-order chi connectivity index (χ1) is 15.2. The fourth-order valence-electron chi connectivity index (χ4n) is 3.49. The minimum absolute atomic E-state index is 0.183. The molecule has 1 N–H and O–H groups in total. The van der Waals surface area contributed by atoms with Crippen LogP contribution in [-0.4, -0.2) is 39.1 Å². The van der Waals surface area contributed by atoms with Crippen LogP contribution < -0.4 is 10.5 Å². The number of aromatic amines is 1. The lowest BCUT2D eigenvalue weighted by molar-refractivity contribution is -0.357. The highest BCUT2D eigenvalue weighted by Crippen LogP contribution is 2.23. The molecule has 5 rings (SSSR count). The number of ether oxygens (including phenoxy) is 1. The fraction of sp³-hybridized carbons (Fsp3) is 0.136. The first kappa shape index (κ1) is 19.3. The lowest BCUT2D eigenvalue weighted by atomic mass is 10.2. The van der Waals surface area contributed by atoms with Crippen LogP contribution in [0, 0.1) is 0 Å². The van der Waals surface area contributed by atoms with Crippen LogP contribution in [-0.2, 0) is 11.3 Å². The number of hydrogen-bond acceptors (Lipinski definition) is 5. The van der Waals surface area contributed by atoms with Crippen molar-refractivity contribution in [2.24, 2.45) is 5.10 Å². The number of H-pyrrole nitrogens is 1. The van der Waals surface area contributed by atoms with Crippen molar-refractivity contribution in [1.82, 2.24) is 19.2 Å². The predicted molar refractivity (Wildman–Crippen MR) is 120 cm³/mol. The van der Waals surface area contributed by atoms with Crippen LogP contribution in [0.5, 0.6) is 0 Å². The van der Waals surface area contributed by atoms with Gasteiger partial charge in [-0.1, -0.05) is 35.9 Å². The molecule has 2 aromatic carbocycles. The number of para-hydroxylation sites is 2. The largest absolute Gasteiger partial charge is 0.381 e. The van der Waals surface area contributed by atoms with Gasteiger partial charge in [-0.15, -0.1) is 9.78 Å². The third-order valence-electron chi connectivity index (χ3n) is 4.98. The van der Waals surface area contributed by atoms with Gasteiger partial charge in [-0.25, -0.2) is 24.3 Å². The summed E-state index contributed by atoms with van der Waals surface area (Å²) in [6, 6.07) is 14.9. The Kier molecular flexibility index (Phi) is 4.93. The number of aromatic nitrogens is 5. The third kappa shape index (κ3) is 3.45. The van der Waals surface area contributed by atoms with Crippen molar-refractivity contribution in [2.45, 2.75) is 6.54 Å². The van der Waals surface area contributed by atoms with Gasteiger partial charge in [-0.05, 0) is 29.8 Å². The van der Waals surface area contributed by atoms with E-state index < -0.39 is 0 Å². The topological polar surface area (TPSA) is 88.4 Å². The van der Waals surface area contributed by atoms with E-state index in [9.17, 15) is 4.79 Å². The van der Waals surface area contributed by atoms with Gasteiger partial charge < -0.3 is 4.74 Å². The molecule has 31 heavy (non-hydrogen) atoms. The zero-order valence-electron chi connectivity index (χ0n) is 16.6. The number of hydrogen-bond donors (Lipinski definition) is 0. The second-order valence-electron chi connectivity index (χ2n) is 6.98. The van der Waals surface area contributed by atoms with E-state index in [0.29, 0.717) is 45.9 Å². The highest BCUT2D eigenvalue weighted by Gasteiger charge is 2.24. The number of methoxy groups -OCH3 is 1. The average Bonchev–Trinajstić information content (AvgIpc) is 3.09. The number of nitrogens with zero attached hydrogens (tertiary/aromatic N) is 5. The van der Waals surface area contributed by atoms with Gasteiger partial charge in [-0.3, -0.25) is 0 Å². The van der Waals surface area contributed by atoms with E-state index in [2.05, 4.69) is 10.1 Å². The molecular weight excluding hydrogens is 416 g/mol. The van der Waals surface area contributed by atoms with Gasteiger partial charge in [0.1, 0.15) is 5.52 Å². The minimum atomic E-state index is -0.183. The van der Waals surface area contributed by atoms with Crippen molar-refractivity contribution >= 4 is 51.0 Å². The van der Waals surface area contributed by atoms with Crippen molar-refractivity contribution in [3.05, 3.63) is 75.8 Å². The number of rotatable bonds is 5. The molecule has 0 atom stereocenters. The van der Waals surface area contributed by atoms with E-state index >= 15 is 0 Å². The van der Waals surface area contributed by atoms with Crippen LogP contribution in [0.15, 0.2) is 64.8 Å². The summed E-state index contributed by atoms with van der Waals surface area (Å²) in [5.74, 6) is 0. The molecule has 0 unspecified atom stereocenters. The third-order valence-corrected chi connectivity index (χ3v) is 5.21. The molecule has 0 aliphatic heterocycles. The molecule has 154 valence electrons. The van der Waals surface area contributed by atoms with Crippen molar-refractivity contribution in [1.29, 1.82) is 0 Å². The average molecular weight is 434 g/mol. The van der Waals surface area contributed by atoms with E-state index in [-0.39, 0.29) is 5.56 Å². The van der Waals surface area contributed by atoms with Gasteiger partial charge in [0.15, 0.2) is 11.7 Å². The normalized spacial score (nSPS) is 11.9. The van der Waals surface area contributed by atoms with Crippen molar-refractivity contribution in [2.75, 3.05) is 13.7 Å². The quantitative estimate of drug-likeness (QED) is 0.399. The van der Waals surface area contributed by atoms with Crippen LogP contribution >= 0.6 is 11.6 Å². The van der Waals surface area contributed by atoms with Crippen LogP contribution in [0.25, 0.3) is 33.2 Å². The maximum absolute atomic E-state index is 13.3. The van der Waals surface area contributed by atoms with E-state index in [1.54, 1.807) is 35.0 Å².